The summed E-state index contributed by atoms with van der Waals surface area (Å²) in [4.78, 5) is 0. The van der Waals surface area contributed by atoms with E-state index in [1.165, 1.54) is 12.1 Å². The fourth-order valence-corrected chi connectivity index (χ4v) is 2.40. The Kier molecular flexibility index (Phi) is 4.64. The van der Waals surface area contributed by atoms with Gasteiger partial charge in [-0.25, -0.2) is 4.39 Å². The van der Waals surface area contributed by atoms with E-state index < -0.39 is 18.3 Å². The molecule has 1 aromatic rings. The number of nitrogens with two attached hydrogens (primary N) is 1. The topological polar surface area (TPSA) is 44.5 Å². The predicted octanol–water partition coefficient (Wildman–Crippen LogP) is 3.56. The molecule has 2 N–H and O–H groups in total. The number of rotatable bonds is 3. The third kappa shape index (κ3) is 3.39. The molecule has 2 rings (SSSR count). The van der Waals surface area contributed by atoms with Crippen molar-refractivity contribution in [2.75, 3.05) is 6.54 Å². The Hall–Kier alpha value is -0.685. The van der Waals surface area contributed by atoms with E-state index in [-0.39, 0.29) is 12.4 Å². The Morgan fingerprint density at radius 3 is 2.38 bits per heavy atom. The van der Waals surface area contributed by atoms with E-state index in [0.29, 0.717) is 5.56 Å². The lowest BCUT2D eigenvalue weighted by molar-refractivity contribution is 0.00578. The summed E-state index contributed by atoms with van der Waals surface area (Å²) >= 11 is 3.41. The number of hydrogen-bond acceptors (Lipinski definition) is 3. The molecule has 1 aliphatic rings. The first-order valence-electron chi connectivity index (χ1n) is 6.87. The molecule has 6 heteroatoms. The lowest BCUT2D eigenvalue weighted by Gasteiger charge is -2.32. The van der Waals surface area contributed by atoms with Gasteiger partial charge < -0.3 is 15.0 Å². The van der Waals surface area contributed by atoms with Gasteiger partial charge in [-0.3, -0.25) is 0 Å². The van der Waals surface area contributed by atoms with Crippen molar-refractivity contribution in [3.05, 3.63) is 39.5 Å². The molecule has 0 radical (unpaired) electrons. The summed E-state index contributed by atoms with van der Waals surface area (Å²) in [6.45, 7) is 8.22. The molecule has 3 nitrogen and oxygen atoms in total. The quantitative estimate of drug-likeness (QED) is 0.843. The average molecular weight is 356 g/mol. The fraction of sp³-hybridized carbons (Fsp3) is 0.467. The largest absolute Gasteiger partial charge is 0.491 e. The molecular weight excluding hydrogens is 336 g/mol. The zero-order valence-electron chi connectivity index (χ0n) is 12.7. The maximum Gasteiger partial charge on any atom is 0.491 e. The molecule has 0 atom stereocenters. The van der Waals surface area contributed by atoms with E-state index >= 15 is 0 Å². The molecule has 21 heavy (non-hydrogen) atoms. The first-order chi connectivity index (χ1) is 9.66. The highest BCUT2D eigenvalue weighted by Gasteiger charge is 2.52. The Bertz CT molecular complexity index is 559. The number of hydrogen-bond donors (Lipinski definition) is 1. The molecule has 0 saturated carbocycles. The molecule has 0 aliphatic carbocycles. The summed E-state index contributed by atoms with van der Waals surface area (Å²) in [5, 5.41) is 0. The Balaban J connectivity index is 2.33. The van der Waals surface area contributed by atoms with E-state index in [1.54, 1.807) is 6.07 Å². The lowest BCUT2D eigenvalue weighted by Crippen LogP contribution is -2.41. The van der Waals surface area contributed by atoms with Crippen molar-refractivity contribution >= 4 is 29.1 Å². The van der Waals surface area contributed by atoms with Crippen molar-refractivity contribution in [2.45, 2.75) is 38.9 Å². The van der Waals surface area contributed by atoms with E-state index in [2.05, 4.69) is 15.9 Å². The van der Waals surface area contributed by atoms with Gasteiger partial charge in [-0.1, -0.05) is 22.0 Å². The van der Waals surface area contributed by atoms with Crippen molar-refractivity contribution in [1.82, 2.24) is 0 Å². The molecule has 1 aliphatic heterocycles. The Morgan fingerprint density at radius 2 is 1.86 bits per heavy atom. The van der Waals surface area contributed by atoms with Crippen LogP contribution in [0.1, 0.15) is 33.3 Å². The maximum absolute atomic E-state index is 13.4. The van der Waals surface area contributed by atoms with Gasteiger partial charge >= 0.3 is 7.12 Å². The molecular formula is C15H20BBrFNO2. The highest BCUT2D eigenvalue weighted by atomic mass is 79.9. The van der Waals surface area contributed by atoms with E-state index in [4.69, 9.17) is 15.0 Å². The maximum atomic E-state index is 13.4. The first-order valence-corrected chi connectivity index (χ1v) is 7.67. The lowest BCUT2D eigenvalue weighted by atomic mass is 9.77. The number of halogens is 2. The molecule has 0 aromatic heterocycles. The van der Waals surface area contributed by atoms with Gasteiger partial charge in [0.2, 0.25) is 0 Å². The van der Waals surface area contributed by atoms with Crippen LogP contribution in [0.15, 0.2) is 28.1 Å². The molecule has 0 unspecified atom stereocenters. The fourth-order valence-electron chi connectivity index (χ4n) is 2.04. The van der Waals surface area contributed by atoms with Gasteiger partial charge in [0, 0.05) is 11.0 Å². The molecule has 0 spiro atoms. The van der Waals surface area contributed by atoms with Crippen molar-refractivity contribution in [3.8, 4) is 0 Å². The third-order valence-electron chi connectivity index (χ3n) is 4.09. The molecule has 1 saturated heterocycles. The van der Waals surface area contributed by atoms with Gasteiger partial charge in [0.25, 0.3) is 0 Å². The van der Waals surface area contributed by atoms with Crippen LogP contribution in [0.2, 0.25) is 0 Å². The smallest absolute Gasteiger partial charge is 0.400 e. The monoisotopic (exact) mass is 355 g/mol. The second kappa shape index (κ2) is 5.84. The van der Waals surface area contributed by atoms with Crippen LogP contribution >= 0.6 is 15.9 Å². The average Bonchev–Trinajstić information content (AvgIpc) is 2.59. The Morgan fingerprint density at radius 1 is 1.29 bits per heavy atom. The van der Waals surface area contributed by atoms with Crippen molar-refractivity contribution in [3.63, 3.8) is 0 Å². The van der Waals surface area contributed by atoms with Gasteiger partial charge in [-0.2, -0.15) is 0 Å². The summed E-state index contributed by atoms with van der Waals surface area (Å²) in [6, 6.07) is 4.52. The van der Waals surface area contributed by atoms with E-state index in [1.807, 2.05) is 33.8 Å². The second-order valence-corrected chi connectivity index (χ2v) is 7.03. The van der Waals surface area contributed by atoms with Crippen molar-refractivity contribution in [2.24, 2.45) is 5.73 Å². The van der Waals surface area contributed by atoms with Crippen molar-refractivity contribution in [1.29, 1.82) is 0 Å². The van der Waals surface area contributed by atoms with Crippen molar-refractivity contribution < 1.29 is 13.7 Å². The highest BCUT2D eigenvalue weighted by Crippen LogP contribution is 2.38. The molecule has 1 aromatic carbocycles. The highest BCUT2D eigenvalue weighted by molar-refractivity contribution is 9.10. The zero-order chi connectivity index (χ0) is 15.8. The molecule has 0 bridgehead atoms. The SMILES string of the molecule is CC1(C)OB(C(=Cc2cc(F)ccc2Br)CN)OC1(C)C. The van der Waals surface area contributed by atoms with E-state index in [0.717, 1.165) is 9.95 Å². The van der Waals surface area contributed by atoms with Crippen LogP contribution in [-0.4, -0.2) is 24.9 Å². The zero-order valence-corrected chi connectivity index (χ0v) is 14.3. The number of benzene rings is 1. The van der Waals surface area contributed by atoms with Gasteiger partial charge in [-0.05, 0) is 56.9 Å². The molecule has 114 valence electrons. The van der Waals surface area contributed by atoms with E-state index in [9.17, 15) is 4.39 Å². The van der Waals surface area contributed by atoms with Crippen LogP contribution in [0.25, 0.3) is 6.08 Å². The summed E-state index contributed by atoms with van der Waals surface area (Å²) in [6.07, 6.45) is 1.81. The van der Waals surface area contributed by atoms with Crippen LogP contribution in [0.5, 0.6) is 0 Å². The van der Waals surface area contributed by atoms with Crippen LogP contribution < -0.4 is 5.73 Å². The third-order valence-corrected chi connectivity index (χ3v) is 4.81. The first kappa shape index (κ1) is 16.7. The van der Waals surface area contributed by atoms with Crippen LogP contribution in [0.3, 0.4) is 0 Å². The van der Waals surface area contributed by atoms with Gasteiger partial charge in [0.1, 0.15) is 5.82 Å². The Labute approximate surface area is 134 Å². The van der Waals surface area contributed by atoms with Crippen LogP contribution in [0.4, 0.5) is 4.39 Å². The minimum absolute atomic E-state index is 0.278. The predicted molar refractivity (Wildman–Crippen MR) is 87.2 cm³/mol. The van der Waals surface area contributed by atoms with Gasteiger partial charge in [0.15, 0.2) is 0 Å². The van der Waals surface area contributed by atoms with Gasteiger partial charge in [0.05, 0.1) is 11.2 Å². The summed E-state index contributed by atoms with van der Waals surface area (Å²) in [7, 11) is -0.518. The normalized spacial score (nSPS) is 20.9. The van der Waals surface area contributed by atoms with Crippen LogP contribution in [0, 0.1) is 5.82 Å². The molecule has 1 heterocycles. The minimum atomic E-state index is -0.518. The molecule has 0 amide bonds. The van der Waals surface area contributed by atoms with Crippen LogP contribution in [-0.2, 0) is 9.31 Å². The second-order valence-electron chi connectivity index (χ2n) is 6.18. The minimum Gasteiger partial charge on any atom is -0.400 e. The summed E-state index contributed by atoms with van der Waals surface area (Å²) < 4.78 is 26.1. The summed E-state index contributed by atoms with van der Waals surface area (Å²) in [5.74, 6) is -0.297. The molecule has 1 fully saturated rings. The van der Waals surface area contributed by atoms with Gasteiger partial charge in [-0.15, -0.1) is 0 Å². The standard InChI is InChI=1S/C15H20BBrFNO2/c1-14(2)15(3,4)21-16(20-14)11(9-19)7-10-8-12(18)5-6-13(10)17/h5-8H,9,19H2,1-4H3. The summed E-state index contributed by atoms with van der Waals surface area (Å²) in [5.41, 5.74) is 6.47.